The van der Waals surface area contributed by atoms with Crippen molar-refractivity contribution >= 4 is 27.7 Å². The molecule has 0 N–H and O–H groups in total. The monoisotopic (exact) mass is 271 g/mol. The first kappa shape index (κ1) is 11.7. The molecule has 0 atom stereocenters. The highest BCUT2D eigenvalue weighted by atomic mass is 79.9. The summed E-state index contributed by atoms with van der Waals surface area (Å²) in [6.45, 7) is 0. The highest BCUT2D eigenvalue weighted by Gasteiger charge is 2.11. The highest BCUT2D eigenvalue weighted by molar-refractivity contribution is 9.09. The second-order valence-corrected chi connectivity index (χ2v) is 3.39. The average molecular weight is 272 g/mol. The molecule has 0 fully saturated rings. The minimum absolute atomic E-state index is 0.0769. The van der Waals surface area contributed by atoms with E-state index in [2.05, 4.69) is 15.9 Å². The fourth-order valence-electron chi connectivity index (χ4n) is 1.13. The first-order valence-corrected chi connectivity index (χ1v) is 5.36. The number of benzene rings is 1. The van der Waals surface area contributed by atoms with Gasteiger partial charge in [-0.25, -0.2) is 0 Å². The molecule has 0 bridgehead atoms. The van der Waals surface area contributed by atoms with E-state index < -0.39 is 4.92 Å². The SMILES string of the molecule is COc1ccc([N+](=O)[O-])c(C=CCBr)c1. The van der Waals surface area contributed by atoms with Crippen LogP contribution >= 0.6 is 15.9 Å². The van der Waals surface area contributed by atoms with E-state index in [1.165, 1.54) is 13.2 Å². The van der Waals surface area contributed by atoms with Crippen LogP contribution in [0.1, 0.15) is 5.56 Å². The molecule has 15 heavy (non-hydrogen) atoms. The van der Waals surface area contributed by atoms with Crippen molar-refractivity contribution in [3.63, 3.8) is 0 Å². The molecule has 0 radical (unpaired) electrons. The van der Waals surface area contributed by atoms with E-state index in [1.54, 1.807) is 24.3 Å². The Hall–Kier alpha value is -1.36. The molecule has 0 spiro atoms. The third-order valence-electron chi connectivity index (χ3n) is 1.82. The lowest BCUT2D eigenvalue weighted by atomic mass is 10.1. The summed E-state index contributed by atoms with van der Waals surface area (Å²) in [5.74, 6) is 0.606. The Bertz CT molecular complexity index is 390. The molecule has 1 rings (SSSR count). The average Bonchev–Trinajstić information content (AvgIpc) is 2.25. The highest BCUT2D eigenvalue weighted by Crippen LogP contribution is 2.25. The third kappa shape index (κ3) is 3.06. The van der Waals surface area contributed by atoms with Crippen LogP contribution in [0.5, 0.6) is 5.75 Å². The number of alkyl halides is 1. The standard InChI is InChI=1S/C10H10BrNO3/c1-15-9-4-5-10(12(13)14)8(7-9)3-2-6-11/h2-5,7H,6H2,1H3. The van der Waals surface area contributed by atoms with E-state index in [-0.39, 0.29) is 5.69 Å². The van der Waals surface area contributed by atoms with Crippen molar-refractivity contribution in [2.45, 2.75) is 0 Å². The first-order chi connectivity index (χ1) is 7.19. The molecule has 0 heterocycles. The lowest BCUT2D eigenvalue weighted by Crippen LogP contribution is -1.92. The van der Waals surface area contributed by atoms with Crippen LogP contribution in [0.15, 0.2) is 24.3 Å². The number of rotatable bonds is 4. The van der Waals surface area contributed by atoms with Gasteiger partial charge in [0, 0.05) is 11.4 Å². The molecule has 0 aliphatic rings. The predicted molar refractivity (Wildman–Crippen MR) is 62.5 cm³/mol. The summed E-state index contributed by atoms with van der Waals surface area (Å²) < 4.78 is 5.00. The van der Waals surface area contributed by atoms with Crippen molar-refractivity contribution in [1.29, 1.82) is 0 Å². The van der Waals surface area contributed by atoms with Gasteiger partial charge in [0.1, 0.15) is 5.75 Å². The van der Waals surface area contributed by atoms with Crippen LogP contribution in [0.4, 0.5) is 5.69 Å². The van der Waals surface area contributed by atoms with Crippen molar-refractivity contribution < 1.29 is 9.66 Å². The summed E-state index contributed by atoms with van der Waals surface area (Å²) in [7, 11) is 1.53. The molecule has 0 aromatic heterocycles. The largest absolute Gasteiger partial charge is 0.497 e. The maximum absolute atomic E-state index is 10.7. The number of methoxy groups -OCH3 is 1. The Labute approximate surface area is 95.8 Å². The summed E-state index contributed by atoms with van der Waals surface area (Å²) in [6.07, 6.45) is 3.48. The molecule has 0 saturated heterocycles. The van der Waals surface area contributed by atoms with E-state index in [0.29, 0.717) is 16.6 Å². The number of nitrogens with zero attached hydrogens (tertiary/aromatic N) is 1. The minimum atomic E-state index is -0.409. The van der Waals surface area contributed by atoms with E-state index in [9.17, 15) is 10.1 Å². The van der Waals surface area contributed by atoms with Crippen LogP contribution in [0, 0.1) is 10.1 Å². The van der Waals surface area contributed by atoms with Gasteiger partial charge in [-0.1, -0.05) is 28.1 Å². The van der Waals surface area contributed by atoms with Gasteiger partial charge >= 0.3 is 0 Å². The van der Waals surface area contributed by atoms with Gasteiger partial charge in [0.15, 0.2) is 0 Å². The number of ether oxygens (including phenoxy) is 1. The minimum Gasteiger partial charge on any atom is -0.497 e. The molecule has 80 valence electrons. The van der Waals surface area contributed by atoms with Gasteiger partial charge in [-0.15, -0.1) is 0 Å². The van der Waals surface area contributed by atoms with Crippen LogP contribution in [0.3, 0.4) is 0 Å². The molecule has 4 nitrogen and oxygen atoms in total. The predicted octanol–water partition coefficient (Wildman–Crippen LogP) is 3.01. The fraction of sp³-hybridized carbons (Fsp3) is 0.200. The van der Waals surface area contributed by atoms with Crippen LogP contribution in [0.2, 0.25) is 0 Å². The van der Waals surface area contributed by atoms with Gasteiger partial charge < -0.3 is 4.74 Å². The topological polar surface area (TPSA) is 52.4 Å². The van der Waals surface area contributed by atoms with Gasteiger partial charge in [-0.2, -0.15) is 0 Å². The Kier molecular flexibility index (Phi) is 4.30. The van der Waals surface area contributed by atoms with Crippen LogP contribution in [-0.2, 0) is 0 Å². The fourth-order valence-corrected chi connectivity index (χ4v) is 1.32. The number of hydrogen-bond donors (Lipinski definition) is 0. The quantitative estimate of drug-likeness (QED) is 0.481. The number of allylic oxidation sites excluding steroid dienone is 1. The van der Waals surface area contributed by atoms with Gasteiger partial charge in [-0.05, 0) is 12.1 Å². The Morgan fingerprint density at radius 3 is 2.87 bits per heavy atom. The normalized spacial score (nSPS) is 10.5. The van der Waals surface area contributed by atoms with Crippen molar-refractivity contribution in [3.05, 3.63) is 40.0 Å². The lowest BCUT2D eigenvalue weighted by molar-refractivity contribution is -0.385. The van der Waals surface area contributed by atoms with Crippen molar-refractivity contribution in [2.24, 2.45) is 0 Å². The van der Waals surface area contributed by atoms with Gasteiger partial charge in [0.25, 0.3) is 5.69 Å². The van der Waals surface area contributed by atoms with E-state index >= 15 is 0 Å². The second kappa shape index (κ2) is 5.50. The first-order valence-electron chi connectivity index (χ1n) is 4.24. The molecule has 5 heteroatoms. The van der Waals surface area contributed by atoms with Gasteiger partial charge in [0.05, 0.1) is 17.6 Å². The van der Waals surface area contributed by atoms with Crippen molar-refractivity contribution in [2.75, 3.05) is 12.4 Å². The van der Waals surface area contributed by atoms with E-state index in [1.807, 2.05) is 0 Å². The molecule has 1 aromatic rings. The zero-order valence-corrected chi connectivity index (χ0v) is 9.73. The molecule has 0 amide bonds. The van der Waals surface area contributed by atoms with Crippen LogP contribution < -0.4 is 4.74 Å². The van der Waals surface area contributed by atoms with E-state index in [0.717, 1.165) is 0 Å². The second-order valence-electron chi connectivity index (χ2n) is 2.74. The summed E-state index contributed by atoms with van der Waals surface area (Å²) in [6, 6.07) is 4.65. The molecular formula is C10H10BrNO3. The number of nitro benzene ring substituents is 1. The third-order valence-corrected chi connectivity index (χ3v) is 2.19. The van der Waals surface area contributed by atoms with Gasteiger partial charge in [0.2, 0.25) is 0 Å². The lowest BCUT2D eigenvalue weighted by Gasteiger charge is -2.01. The molecule has 1 aromatic carbocycles. The smallest absolute Gasteiger partial charge is 0.276 e. The maximum Gasteiger partial charge on any atom is 0.276 e. The van der Waals surface area contributed by atoms with Crippen molar-refractivity contribution in [3.8, 4) is 5.75 Å². The zero-order chi connectivity index (χ0) is 11.3. The summed E-state index contributed by atoms with van der Waals surface area (Å²) in [4.78, 5) is 10.3. The summed E-state index contributed by atoms with van der Waals surface area (Å²) in [5, 5.41) is 11.4. The Morgan fingerprint density at radius 2 is 2.33 bits per heavy atom. The molecule has 0 aliphatic carbocycles. The zero-order valence-electron chi connectivity index (χ0n) is 8.14. The Morgan fingerprint density at radius 1 is 1.60 bits per heavy atom. The molecule has 0 aliphatic heterocycles. The molecule has 0 saturated carbocycles. The Balaban J connectivity index is 3.16. The number of hydrogen-bond acceptors (Lipinski definition) is 3. The summed E-state index contributed by atoms with van der Waals surface area (Å²) in [5.41, 5.74) is 0.617. The van der Waals surface area contributed by atoms with Crippen LogP contribution in [0.25, 0.3) is 6.08 Å². The molecule has 0 unspecified atom stereocenters. The van der Waals surface area contributed by atoms with Crippen LogP contribution in [-0.4, -0.2) is 17.4 Å². The number of halogens is 1. The maximum atomic E-state index is 10.7. The van der Waals surface area contributed by atoms with E-state index in [4.69, 9.17) is 4.74 Å². The van der Waals surface area contributed by atoms with Crippen molar-refractivity contribution in [1.82, 2.24) is 0 Å². The summed E-state index contributed by atoms with van der Waals surface area (Å²) >= 11 is 3.22. The molecular weight excluding hydrogens is 262 g/mol. The number of nitro groups is 1. The van der Waals surface area contributed by atoms with Gasteiger partial charge in [-0.3, -0.25) is 10.1 Å².